The molecule has 1 N–H and O–H groups in total. The number of hydrogen-bond acceptors (Lipinski definition) is 8. The molecule has 3 aliphatic rings. The summed E-state index contributed by atoms with van der Waals surface area (Å²) in [5.74, 6) is 2.39. The number of pyridine rings is 1. The molecule has 2 aromatic carbocycles. The Kier molecular flexibility index (Phi) is 6.51. The van der Waals surface area contributed by atoms with Crippen LogP contribution < -0.4 is 15.0 Å². The van der Waals surface area contributed by atoms with Crippen molar-refractivity contribution in [3.8, 4) is 11.5 Å². The normalized spacial score (nSPS) is 19.1. The highest BCUT2D eigenvalue weighted by atomic mass is 16.7. The predicted molar refractivity (Wildman–Crippen MR) is 151 cm³/mol. The number of nitrogens with zero attached hydrogens (tertiary/aromatic N) is 6. The van der Waals surface area contributed by atoms with Crippen LogP contribution in [0.4, 0.5) is 0 Å². The minimum Gasteiger partial charge on any atom is -0.454 e. The van der Waals surface area contributed by atoms with E-state index in [2.05, 4.69) is 67.6 Å². The summed E-state index contributed by atoms with van der Waals surface area (Å²) in [7, 11) is 0. The number of tetrazole rings is 1. The first-order valence-corrected chi connectivity index (χ1v) is 14.3. The van der Waals surface area contributed by atoms with Gasteiger partial charge in [0.05, 0.1) is 11.6 Å². The van der Waals surface area contributed by atoms with Crippen LogP contribution in [-0.4, -0.2) is 68.0 Å². The van der Waals surface area contributed by atoms with E-state index in [1.807, 2.05) is 17.7 Å². The molecule has 4 aromatic rings. The number of aryl methyl sites for hydroxylation is 2. The third kappa shape index (κ3) is 4.54. The van der Waals surface area contributed by atoms with E-state index >= 15 is 0 Å². The molecule has 10 nitrogen and oxygen atoms in total. The van der Waals surface area contributed by atoms with E-state index < -0.39 is 0 Å². The van der Waals surface area contributed by atoms with Gasteiger partial charge in [-0.15, -0.1) is 5.10 Å². The Balaban J connectivity index is 1.21. The van der Waals surface area contributed by atoms with Crippen LogP contribution in [0.2, 0.25) is 0 Å². The smallest absolute Gasteiger partial charge is 0.253 e. The zero-order chi connectivity index (χ0) is 27.2. The van der Waals surface area contributed by atoms with Gasteiger partial charge in [-0.25, -0.2) is 4.68 Å². The summed E-state index contributed by atoms with van der Waals surface area (Å²) in [6.07, 6.45) is 4.51. The van der Waals surface area contributed by atoms with Crippen LogP contribution >= 0.6 is 0 Å². The summed E-state index contributed by atoms with van der Waals surface area (Å²) < 4.78 is 13.0. The van der Waals surface area contributed by atoms with Crippen molar-refractivity contribution in [2.45, 2.75) is 58.2 Å². The van der Waals surface area contributed by atoms with Crippen LogP contribution in [0.5, 0.6) is 11.5 Å². The third-order valence-corrected chi connectivity index (χ3v) is 8.82. The second-order valence-electron chi connectivity index (χ2n) is 11.4. The lowest BCUT2D eigenvalue weighted by atomic mass is 9.99. The highest BCUT2D eigenvalue weighted by molar-refractivity contribution is 5.85. The van der Waals surface area contributed by atoms with Crippen LogP contribution in [0.15, 0.2) is 41.2 Å². The molecule has 1 saturated carbocycles. The number of H-pyrrole nitrogens is 1. The van der Waals surface area contributed by atoms with Crippen molar-refractivity contribution in [3.05, 3.63) is 74.8 Å². The van der Waals surface area contributed by atoms with Crippen molar-refractivity contribution in [1.82, 2.24) is 35.0 Å². The summed E-state index contributed by atoms with van der Waals surface area (Å²) in [5.41, 5.74) is 4.94. The van der Waals surface area contributed by atoms with Crippen molar-refractivity contribution < 1.29 is 9.47 Å². The fraction of sp³-hybridized carbons (Fsp3) is 0.467. The van der Waals surface area contributed by atoms with Gasteiger partial charge in [0, 0.05) is 43.7 Å². The second-order valence-corrected chi connectivity index (χ2v) is 11.4. The quantitative estimate of drug-likeness (QED) is 0.393. The maximum Gasteiger partial charge on any atom is 0.253 e. The minimum atomic E-state index is -0.323. The van der Waals surface area contributed by atoms with Crippen molar-refractivity contribution in [1.29, 1.82) is 0 Å². The SMILES string of the molecule is Cc1ccc(C)c2[nH]c(=O)c([C@@H](c3nnnn3C3CCCC3)N3CCN(Cc4ccc5c(c4)OCO5)CC3)cc12. The lowest BCUT2D eigenvalue weighted by Gasteiger charge is -2.39. The van der Waals surface area contributed by atoms with Gasteiger partial charge in [-0.1, -0.05) is 31.0 Å². The Labute approximate surface area is 232 Å². The standard InChI is InChI=1S/C30H35N7O3/c1-19-7-8-20(2)27-23(19)16-24(30(38)31-27)28(29-32-33-34-37(29)22-5-3-4-6-22)36-13-11-35(12-14-36)17-21-9-10-25-26(15-21)40-18-39-25/h7-10,15-16,22,28H,3-6,11-14,17-18H2,1-2H3,(H,31,38)/t28-/m0/s1. The van der Waals surface area contributed by atoms with E-state index in [1.165, 1.54) is 18.4 Å². The molecule has 1 saturated heterocycles. The van der Waals surface area contributed by atoms with Gasteiger partial charge in [0.1, 0.15) is 6.04 Å². The maximum atomic E-state index is 13.7. The summed E-state index contributed by atoms with van der Waals surface area (Å²) in [6.45, 7) is 8.61. The Morgan fingerprint density at radius 3 is 2.58 bits per heavy atom. The van der Waals surface area contributed by atoms with Gasteiger partial charge in [-0.2, -0.15) is 0 Å². The van der Waals surface area contributed by atoms with Crippen LogP contribution in [0.25, 0.3) is 10.9 Å². The molecule has 2 fully saturated rings. The van der Waals surface area contributed by atoms with E-state index in [0.717, 1.165) is 84.9 Å². The average Bonchev–Trinajstić information content (AvgIpc) is 3.74. The third-order valence-electron chi connectivity index (χ3n) is 8.82. The van der Waals surface area contributed by atoms with E-state index in [9.17, 15) is 4.79 Å². The summed E-state index contributed by atoms with van der Waals surface area (Å²) in [5, 5.41) is 14.2. The first-order valence-electron chi connectivity index (χ1n) is 14.3. The topological polar surface area (TPSA) is 101 Å². The first kappa shape index (κ1) is 25.2. The number of fused-ring (bicyclic) bond motifs is 2. The van der Waals surface area contributed by atoms with Gasteiger partial charge in [-0.3, -0.25) is 14.6 Å². The van der Waals surface area contributed by atoms with Crippen molar-refractivity contribution in [2.75, 3.05) is 33.0 Å². The van der Waals surface area contributed by atoms with Gasteiger partial charge in [0.25, 0.3) is 5.56 Å². The van der Waals surface area contributed by atoms with Crippen LogP contribution in [0.3, 0.4) is 0 Å². The van der Waals surface area contributed by atoms with E-state index in [-0.39, 0.29) is 24.4 Å². The lowest BCUT2D eigenvalue weighted by molar-refractivity contribution is 0.0988. The fourth-order valence-electron chi connectivity index (χ4n) is 6.56. The molecule has 2 aromatic heterocycles. The number of ether oxygens (including phenoxy) is 2. The first-order chi connectivity index (χ1) is 19.5. The molecule has 0 radical (unpaired) electrons. The Bertz CT molecular complexity index is 1600. The number of aromatic nitrogens is 5. The molecule has 0 bridgehead atoms. The van der Waals surface area contributed by atoms with Gasteiger partial charge in [0.2, 0.25) is 6.79 Å². The predicted octanol–water partition coefficient (Wildman–Crippen LogP) is 3.88. The molecule has 40 heavy (non-hydrogen) atoms. The molecule has 7 rings (SSSR count). The Hall–Kier alpha value is -3.76. The van der Waals surface area contributed by atoms with Crippen LogP contribution in [-0.2, 0) is 6.54 Å². The van der Waals surface area contributed by atoms with Crippen molar-refractivity contribution in [3.63, 3.8) is 0 Å². The second kappa shape index (κ2) is 10.3. The average molecular weight is 542 g/mol. The molecule has 208 valence electrons. The summed E-state index contributed by atoms with van der Waals surface area (Å²) in [6, 6.07) is 12.4. The number of rotatable bonds is 6. The Morgan fingerprint density at radius 1 is 0.975 bits per heavy atom. The molecular formula is C30H35N7O3. The number of piperazine rings is 1. The molecule has 1 aliphatic carbocycles. The molecule has 10 heteroatoms. The van der Waals surface area contributed by atoms with Gasteiger partial charge in [-0.05, 0) is 72.0 Å². The zero-order valence-corrected chi connectivity index (χ0v) is 23.1. The zero-order valence-electron chi connectivity index (χ0n) is 23.1. The largest absolute Gasteiger partial charge is 0.454 e. The molecule has 2 aliphatic heterocycles. The molecule has 0 spiro atoms. The van der Waals surface area contributed by atoms with Gasteiger partial charge >= 0.3 is 0 Å². The number of benzene rings is 2. The van der Waals surface area contributed by atoms with Crippen molar-refractivity contribution >= 4 is 10.9 Å². The summed E-state index contributed by atoms with van der Waals surface area (Å²) >= 11 is 0. The maximum absolute atomic E-state index is 13.7. The molecule has 0 unspecified atom stereocenters. The number of hydrogen-bond donors (Lipinski definition) is 1. The van der Waals surface area contributed by atoms with Crippen molar-refractivity contribution in [2.24, 2.45) is 0 Å². The van der Waals surface area contributed by atoms with Crippen LogP contribution in [0.1, 0.15) is 65.8 Å². The molecule has 4 heterocycles. The van der Waals surface area contributed by atoms with E-state index in [1.54, 1.807) is 0 Å². The highest BCUT2D eigenvalue weighted by Crippen LogP contribution is 2.35. The molecule has 0 amide bonds. The molecular weight excluding hydrogens is 506 g/mol. The van der Waals surface area contributed by atoms with Gasteiger partial charge in [0.15, 0.2) is 17.3 Å². The van der Waals surface area contributed by atoms with Gasteiger partial charge < -0.3 is 14.5 Å². The number of nitrogens with one attached hydrogen (secondary N) is 1. The fourth-order valence-corrected chi connectivity index (χ4v) is 6.56. The van der Waals surface area contributed by atoms with E-state index in [4.69, 9.17) is 9.47 Å². The Morgan fingerprint density at radius 2 is 1.75 bits per heavy atom. The molecule has 1 atom stereocenters. The monoisotopic (exact) mass is 541 g/mol. The van der Waals surface area contributed by atoms with Crippen LogP contribution in [0, 0.1) is 13.8 Å². The lowest BCUT2D eigenvalue weighted by Crippen LogP contribution is -2.48. The number of aromatic amines is 1. The van der Waals surface area contributed by atoms with E-state index in [0.29, 0.717) is 5.56 Å². The minimum absolute atomic E-state index is 0.0741. The summed E-state index contributed by atoms with van der Waals surface area (Å²) in [4.78, 5) is 21.8. The highest BCUT2D eigenvalue weighted by Gasteiger charge is 2.35.